The molecule has 21 heavy (non-hydrogen) atoms. The number of nitrogens with zero attached hydrogens (tertiary/aromatic N) is 2. The summed E-state index contributed by atoms with van der Waals surface area (Å²) < 4.78 is 2.72. The first-order valence-corrected chi connectivity index (χ1v) is 8.47. The molecule has 2 N–H and O–H groups in total. The van der Waals surface area contributed by atoms with Crippen LogP contribution in [0.15, 0.2) is 37.5 Å². The Kier molecular flexibility index (Phi) is 5.66. The number of hydrogen-bond acceptors (Lipinski definition) is 4. The number of nitrogens with one attached hydrogen (secondary N) is 2. The Morgan fingerprint density at radius 1 is 1.52 bits per heavy atom. The summed E-state index contributed by atoms with van der Waals surface area (Å²) in [6.07, 6.45) is 0.898. The summed E-state index contributed by atoms with van der Waals surface area (Å²) in [6, 6.07) is 6.47. The smallest absolute Gasteiger partial charge is 0.313 e. The summed E-state index contributed by atoms with van der Waals surface area (Å²) in [6.45, 7) is 4.83. The van der Waals surface area contributed by atoms with E-state index in [1.54, 1.807) is 4.57 Å². The molecule has 1 heterocycles. The van der Waals surface area contributed by atoms with Crippen molar-refractivity contribution in [3.05, 3.63) is 38.7 Å². The van der Waals surface area contributed by atoms with Gasteiger partial charge in [0.05, 0.1) is 0 Å². The van der Waals surface area contributed by atoms with Crippen LogP contribution in [0.1, 0.15) is 31.9 Å². The predicted octanol–water partition coefficient (Wildman–Crippen LogP) is 3.18. The van der Waals surface area contributed by atoms with E-state index in [0.717, 1.165) is 15.8 Å². The minimum absolute atomic E-state index is 0.154. The number of hydrogen-bond donors (Lipinski definition) is 2. The van der Waals surface area contributed by atoms with Crippen molar-refractivity contribution in [2.75, 3.05) is 7.05 Å². The molecule has 5 nitrogen and oxygen atoms in total. The van der Waals surface area contributed by atoms with Crippen LogP contribution in [0.4, 0.5) is 0 Å². The Balaban J connectivity index is 2.25. The van der Waals surface area contributed by atoms with Gasteiger partial charge < -0.3 is 5.32 Å². The predicted molar refractivity (Wildman–Crippen MR) is 88.9 cm³/mol. The first-order valence-electron chi connectivity index (χ1n) is 6.86. The summed E-state index contributed by atoms with van der Waals surface area (Å²) in [7, 11) is 1.94. The quantitative estimate of drug-likeness (QED) is 0.819. The van der Waals surface area contributed by atoms with Gasteiger partial charge in [0, 0.05) is 22.0 Å². The van der Waals surface area contributed by atoms with E-state index in [1.807, 2.05) is 20.0 Å². The summed E-state index contributed by atoms with van der Waals surface area (Å²) >= 11 is 5.09. The minimum Gasteiger partial charge on any atom is -0.313 e. The number of halogens is 1. The Hall–Kier alpha value is -1.05. The highest BCUT2D eigenvalue weighted by molar-refractivity contribution is 9.10. The van der Waals surface area contributed by atoms with Crippen LogP contribution in [0, 0.1) is 0 Å². The molecule has 0 saturated heterocycles. The Bertz CT molecular complexity index is 667. The highest BCUT2D eigenvalue weighted by atomic mass is 79.9. The SMILES string of the molecule is CCCn1c(Sc2ccc(C(C)NC)c(Br)c2)n[nH]c1=O. The standard InChI is InChI=1S/C14H19BrN4OS/c1-4-7-19-13(20)17-18-14(19)21-10-5-6-11(9(2)16-3)12(15)8-10/h5-6,8-9,16H,4,7H2,1-3H3,(H,17,20). The Morgan fingerprint density at radius 3 is 2.90 bits per heavy atom. The molecular weight excluding hydrogens is 352 g/mol. The van der Waals surface area contributed by atoms with Crippen LogP contribution >= 0.6 is 27.7 Å². The summed E-state index contributed by atoms with van der Waals surface area (Å²) in [4.78, 5) is 12.7. The van der Waals surface area contributed by atoms with Gasteiger partial charge in [0.1, 0.15) is 0 Å². The van der Waals surface area contributed by atoms with Crippen molar-refractivity contribution in [3.8, 4) is 0 Å². The van der Waals surface area contributed by atoms with Crippen LogP contribution in [-0.4, -0.2) is 21.8 Å². The third-order valence-electron chi connectivity index (χ3n) is 3.25. The molecule has 114 valence electrons. The molecule has 0 aliphatic heterocycles. The fraction of sp³-hybridized carbons (Fsp3) is 0.429. The number of benzene rings is 1. The lowest BCUT2D eigenvalue weighted by Crippen LogP contribution is -2.17. The van der Waals surface area contributed by atoms with E-state index in [4.69, 9.17) is 0 Å². The number of aromatic nitrogens is 3. The van der Waals surface area contributed by atoms with Gasteiger partial charge >= 0.3 is 5.69 Å². The third-order valence-corrected chi connectivity index (χ3v) is 4.92. The summed E-state index contributed by atoms with van der Waals surface area (Å²) in [5.41, 5.74) is 1.05. The van der Waals surface area contributed by atoms with Gasteiger partial charge in [-0.2, -0.15) is 0 Å². The van der Waals surface area contributed by atoms with Crippen LogP contribution in [0.5, 0.6) is 0 Å². The zero-order valence-corrected chi connectivity index (χ0v) is 14.7. The molecule has 0 amide bonds. The van der Waals surface area contributed by atoms with Crippen LogP contribution in [0.25, 0.3) is 0 Å². The molecule has 0 aliphatic carbocycles. The van der Waals surface area contributed by atoms with Crippen molar-refractivity contribution >= 4 is 27.7 Å². The number of aromatic amines is 1. The monoisotopic (exact) mass is 370 g/mol. The van der Waals surface area contributed by atoms with Gasteiger partial charge in [0.15, 0.2) is 5.16 Å². The Morgan fingerprint density at radius 2 is 2.29 bits per heavy atom. The van der Waals surface area contributed by atoms with E-state index in [0.29, 0.717) is 11.7 Å². The molecule has 0 bridgehead atoms. The van der Waals surface area contributed by atoms with Gasteiger partial charge in [-0.25, -0.2) is 9.89 Å². The van der Waals surface area contributed by atoms with E-state index in [2.05, 4.69) is 50.5 Å². The summed E-state index contributed by atoms with van der Waals surface area (Å²) in [5.74, 6) is 0. The maximum absolute atomic E-state index is 11.7. The molecule has 0 aliphatic rings. The van der Waals surface area contributed by atoms with Gasteiger partial charge in [-0.3, -0.25) is 4.57 Å². The molecule has 1 unspecified atom stereocenters. The first-order chi connectivity index (χ1) is 10.1. The second kappa shape index (κ2) is 7.29. The fourth-order valence-corrected chi connectivity index (χ4v) is 3.76. The lowest BCUT2D eigenvalue weighted by molar-refractivity contribution is 0.604. The highest BCUT2D eigenvalue weighted by Gasteiger charge is 2.12. The van der Waals surface area contributed by atoms with E-state index >= 15 is 0 Å². The van der Waals surface area contributed by atoms with Gasteiger partial charge in [0.25, 0.3) is 0 Å². The lowest BCUT2D eigenvalue weighted by atomic mass is 10.1. The topological polar surface area (TPSA) is 62.7 Å². The molecule has 0 fully saturated rings. The molecular formula is C14H19BrN4OS. The Labute approximate surface area is 136 Å². The maximum Gasteiger partial charge on any atom is 0.343 e. The van der Waals surface area contributed by atoms with Crippen LogP contribution in [-0.2, 0) is 6.54 Å². The zero-order chi connectivity index (χ0) is 15.4. The summed E-state index contributed by atoms with van der Waals surface area (Å²) in [5, 5.41) is 10.5. The molecule has 0 radical (unpaired) electrons. The van der Waals surface area contributed by atoms with Crippen molar-refractivity contribution < 1.29 is 0 Å². The van der Waals surface area contributed by atoms with Gasteiger partial charge in [-0.15, -0.1) is 5.10 Å². The van der Waals surface area contributed by atoms with E-state index in [-0.39, 0.29) is 11.7 Å². The van der Waals surface area contributed by atoms with Crippen molar-refractivity contribution in [3.63, 3.8) is 0 Å². The molecule has 1 aromatic carbocycles. The zero-order valence-electron chi connectivity index (χ0n) is 12.3. The normalized spacial score (nSPS) is 12.6. The average molecular weight is 371 g/mol. The molecule has 1 atom stereocenters. The largest absolute Gasteiger partial charge is 0.343 e. The van der Waals surface area contributed by atoms with Crippen LogP contribution < -0.4 is 11.0 Å². The minimum atomic E-state index is -0.154. The average Bonchev–Trinajstić information content (AvgIpc) is 2.80. The fourth-order valence-electron chi connectivity index (χ4n) is 1.99. The molecule has 0 spiro atoms. The van der Waals surface area contributed by atoms with E-state index in [1.165, 1.54) is 17.3 Å². The van der Waals surface area contributed by atoms with Crippen molar-refractivity contribution in [1.29, 1.82) is 0 Å². The van der Waals surface area contributed by atoms with Gasteiger partial charge in [-0.05, 0) is 49.9 Å². The number of H-pyrrole nitrogens is 1. The second-order valence-corrected chi connectivity index (χ2v) is 6.65. The van der Waals surface area contributed by atoms with Gasteiger partial charge in [0.2, 0.25) is 0 Å². The van der Waals surface area contributed by atoms with Crippen molar-refractivity contribution in [2.45, 2.75) is 42.9 Å². The molecule has 2 aromatic rings. The first kappa shape index (κ1) is 16.3. The van der Waals surface area contributed by atoms with E-state index in [9.17, 15) is 4.79 Å². The van der Waals surface area contributed by atoms with E-state index < -0.39 is 0 Å². The third kappa shape index (κ3) is 3.78. The maximum atomic E-state index is 11.7. The highest BCUT2D eigenvalue weighted by Crippen LogP contribution is 2.31. The molecule has 1 aromatic heterocycles. The van der Waals surface area contributed by atoms with Crippen molar-refractivity contribution in [2.24, 2.45) is 0 Å². The molecule has 0 saturated carbocycles. The number of rotatable bonds is 6. The van der Waals surface area contributed by atoms with Crippen LogP contribution in [0.2, 0.25) is 0 Å². The lowest BCUT2D eigenvalue weighted by Gasteiger charge is -2.13. The van der Waals surface area contributed by atoms with Crippen molar-refractivity contribution in [1.82, 2.24) is 20.1 Å². The van der Waals surface area contributed by atoms with Gasteiger partial charge in [-0.1, -0.05) is 28.9 Å². The molecule has 7 heteroatoms. The van der Waals surface area contributed by atoms with Crippen LogP contribution in [0.3, 0.4) is 0 Å². The second-order valence-electron chi connectivity index (χ2n) is 4.76. The molecule has 2 rings (SSSR count).